The molecule has 1 atom stereocenters. The highest BCUT2D eigenvalue weighted by molar-refractivity contribution is 9.10. The zero-order valence-electron chi connectivity index (χ0n) is 10.5. The lowest BCUT2D eigenvalue weighted by Gasteiger charge is -2.18. The Kier molecular flexibility index (Phi) is 4.80. The van der Waals surface area contributed by atoms with E-state index in [0.717, 1.165) is 21.9 Å². The predicted octanol–water partition coefficient (Wildman–Crippen LogP) is 4.43. The fourth-order valence-electron chi connectivity index (χ4n) is 1.08. The topological polar surface area (TPSA) is 25.8 Å². The number of hydrogen-bond acceptors (Lipinski definition) is 3. The zero-order valence-corrected chi connectivity index (χ0v) is 12.9. The smallest absolute Gasteiger partial charge is 0.136 e. The Morgan fingerprint density at radius 3 is 2.50 bits per heavy atom. The van der Waals surface area contributed by atoms with Crippen molar-refractivity contribution in [1.82, 2.24) is 9.97 Å². The normalized spacial score (nSPS) is 13.9. The van der Waals surface area contributed by atoms with Crippen molar-refractivity contribution in [1.29, 1.82) is 0 Å². The molecule has 0 N–H and O–H groups in total. The van der Waals surface area contributed by atoms with Gasteiger partial charge in [-0.25, -0.2) is 9.97 Å². The summed E-state index contributed by atoms with van der Waals surface area (Å²) in [5.41, 5.74) is -0.00541. The monoisotopic (exact) mass is 302 g/mol. The van der Waals surface area contributed by atoms with E-state index in [0.29, 0.717) is 5.25 Å². The Bertz CT molecular complexity index is 361. The Morgan fingerprint density at radius 2 is 2.00 bits per heavy atom. The van der Waals surface area contributed by atoms with Crippen LogP contribution in [0, 0.1) is 0 Å². The number of nitrogens with zero attached hydrogens (tertiary/aromatic N) is 2. The SMILES string of the molecule is CCC(C)Sc1cc(Br)nc(C(C)(C)C)n1. The van der Waals surface area contributed by atoms with Gasteiger partial charge in [0.25, 0.3) is 0 Å². The van der Waals surface area contributed by atoms with Gasteiger partial charge in [-0.05, 0) is 22.4 Å². The Hall–Kier alpha value is -0.0900. The van der Waals surface area contributed by atoms with Crippen molar-refractivity contribution in [3.8, 4) is 0 Å². The third-order valence-corrected chi connectivity index (χ3v) is 3.83. The molecule has 0 saturated heterocycles. The van der Waals surface area contributed by atoms with Crippen LogP contribution in [0.25, 0.3) is 0 Å². The van der Waals surface area contributed by atoms with Gasteiger partial charge in [0, 0.05) is 16.7 Å². The quantitative estimate of drug-likeness (QED) is 0.610. The van der Waals surface area contributed by atoms with Gasteiger partial charge in [-0.15, -0.1) is 11.8 Å². The van der Waals surface area contributed by atoms with Crippen molar-refractivity contribution in [2.24, 2.45) is 0 Å². The van der Waals surface area contributed by atoms with E-state index in [9.17, 15) is 0 Å². The molecule has 0 aliphatic heterocycles. The predicted molar refractivity (Wildman–Crippen MR) is 74.0 cm³/mol. The molecule has 4 heteroatoms. The second-order valence-corrected chi connectivity index (χ2v) is 7.21. The van der Waals surface area contributed by atoms with Crippen LogP contribution >= 0.6 is 27.7 Å². The summed E-state index contributed by atoms with van der Waals surface area (Å²) in [6, 6.07) is 1.99. The minimum atomic E-state index is -0.00541. The third kappa shape index (κ3) is 4.06. The maximum absolute atomic E-state index is 4.61. The van der Waals surface area contributed by atoms with Crippen molar-refractivity contribution in [3.63, 3.8) is 0 Å². The number of thioether (sulfide) groups is 1. The first-order chi connectivity index (χ1) is 7.32. The van der Waals surface area contributed by atoms with Crippen molar-refractivity contribution < 1.29 is 0 Å². The number of halogens is 1. The second kappa shape index (κ2) is 5.50. The number of rotatable bonds is 3. The molecule has 0 bridgehead atoms. The summed E-state index contributed by atoms with van der Waals surface area (Å²) >= 11 is 5.26. The first-order valence-corrected chi connectivity index (χ1v) is 7.22. The largest absolute Gasteiger partial charge is 0.226 e. The maximum Gasteiger partial charge on any atom is 0.136 e. The van der Waals surface area contributed by atoms with E-state index in [1.54, 1.807) is 11.8 Å². The van der Waals surface area contributed by atoms with Crippen LogP contribution in [0.5, 0.6) is 0 Å². The summed E-state index contributed by atoms with van der Waals surface area (Å²) in [7, 11) is 0. The number of hydrogen-bond donors (Lipinski definition) is 0. The Morgan fingerprint density at radius 1 is 1.38 bits per heavy atom. The minimum absolute atomic E-state index is 0.00541. The highest BCUT2D eigenvalue weighted by Gasteiger charge is 2.19. The van der Waals surface area contributed by atoms with Crippen LogP contribution in [-0.2, 0) is 5.41 Å². The minimum Gasteiger partial charge on any atom is -0.226 e. The fraction of sp³-hybridized carbons (Fsp3) is 0.667. The van der Waals surface area contributed by atoms with Crippen molar-refractivity contribution in [2.45, 2.75) is 56.7 Å². The molecule has 16 heavy (non-hydrogen) atoms. The van der Waals surface area contributed by atoms with E-state index in [1.165, 1.54) is 0 Å². The summed E-state index contributed by atoms with van der Waals surface area (Å²) in [4.78, 5) is 9.05. The highest BCUT2D eigenvalue weighted by Crippen LogP contribution is 2.28. The van der Waals surface area contributed by atoms with Gasteiger partial charge in [0.05, 0.1) is 0 Å². The molecular formula is C12H19BrN2S. The van der Waals surface area contributed by atoms with Gasteiger partial charge in [-0.2, -0.15) is 0 Å². The molecule has 90 valence electrons. The van der Waals surface area contributed by atoms with E-state index in [2.05, 4.69) is 60.5 Å². The zero-order chi connectivity index (χ0) is 12.3. The molecule has 1 rings (SSSR count). The molecule has 0 radical (unpaired) electrons. The van der Waals surface area contributed by atoms with Crippen LogP contribution in [0.2, 0.25) is 0 Å². The number of aromatic nitrogens is 2. The van der Waals surface area contributed by atoms with Crippen LogP contribution in [-0.4, -0.2) is 15.2 Å². The molecule has 1 heterocycles. The molecule has 1 aromatic heterocycles. The summed E-state index contributed by atoms with van der Waals surface area (Å²) in [5.74, 6) is 0.896. The Balaban J connectivity index is 2.99. The Labute approximate surface area is 111 Å². The van der Waals surface area contributed by atoms with Gasteiger partial charge in [0.15, 0.2) is 0 Å². The van der Waals surface area contributed by atoms with Crippen LogP contribution in [0.1, 0.15) is 46.9 Å². The van der Waals surface area contributed by atoms with Gasteiger partial charge in [-0.1, -0.05) is 34.6 Å². The van der Waals surface area contributed by atoms with Gasteiger partial charge >= 0.3 is 0 Å². The molecular weight excluding hydrogens is 284 g/mol. The fourth-order valence-corrected chi connectivity index (χ4v) is 2.52. The van der Waals surface area contributed by atoms with E-state index < -0.39 is 0 Å². The molecule has 0 aliphatic carbocycles. The van der Waals surface area contributed by atoms with E-state index in [-0.39, 0.29) is 5.41 Å². The molecule has 1 unspecified atom stereocenters. The van der Waals surface area contributed by atoms with Crippen molar-refractivity contribution in [2.75, 3.05) is 0 Å². The first kappa shape index (κ1) is 14.0. The standard InChI is InChI=1S/C12H19BrN2S/c1-6-8(2)16-10-7-9(13)14-11(15-10)12(3,4)5/h7-8H,6H2,1-5H3. The summed E-state index contributed by atoms with van der Waals surface area (Å²) in [6.45, 7) is 10.8. The van der Waals surface area contributed by atoms with E-state index >= 15 is 0 Å². The lowest BCUT2D eigenvalue weighted by atomic mass is 9.96. The van der Waals surface area contributed by atoms with Crippen LogP contribution in [0.4, 0.5) is 0 Å². The lowest BCUT2D eigenvalue weighted by molar-refractivity contribution is 0.536. The van der Waals surface area contributed by atoms with Gasteiger partial charge < -0.3 is 0 Å². The molecule has 1 aromatic rings. The van der Waals surface area contributed by atoms with E-state index in [4.69, 9.17) is 0 Å². The summed E-state index contributed by atoms with van der Waals surface area (Å²) in [5, 5.41) is 1.65. The third-order valence-electron chi connectivity index (χ3n) is 2.24. The average Bonchev–Trinajstić information content (AvgIpc) is 2.15. The van der Waals surface area contributed by atoms with Crippen LogP contribution in [0.15, 0.2) is 15.7 Å². The van der Waals surface area contributed by atoms with Crippen LogP contribution < -0.4 is 0 Å². The van der Waals surface area contributed by atoms with Crippen molar-refractivity contribution in [3.05, 3.63) is 16.5 Å². The maximum atomic E-state index is 4.61. The molecule has 0 amide bonds. The molecule has 2 nitrogen and oxygen atoms in total. The van der Waals surface area contributed by atoms with Crippen LogP contribution in [0.3, 0.4) is 0 Å². The van der Waals surface area contributed by atoms with Gasteiger partial charge in [-0.3, -0.25) is 0 Å². The molecule has 0 aromatic carbocycles. The molecule has 0 spiro atoms. The lowest BCUT2D eigenvalue weighted by Crippen LogP contribution is -2.16. The molecule has 0 aliphatic rings. The summed E-state index contributed by atoms with van der Waals surface area (Å²) < 4.78 is 0.873. The van der Waals surface area contributed by atoms with Gasteiger partial charge in [0.1, 0.15) is 15.5 Å². The molecule has 0 fully saturated rings. The molecule has 0 saturated carbocycles. The van der Waals surface area contributed by atoms with E-state index in [1.807, 2.05) is 6.07 Å². The van der Waals surface area contributed by atoms with Gasteiger partial charge in [0.2, 0.25) is 0 Å². The first-order valence-electron chi connectivity index (χ1n) is 5.54. The highest BCUT2D eigenvalue weighted by atomic mass is 79.9. The van der Waals surface area contributed by atoms with Crippen molar-refractivity contribution >= 4 is 27.7 Å². The summed E-state index contributed by atoms with van der Waals surface area (Å²) in [6.07, 6.45) is 1.15. The second-order valence-electron chi connectivity index (χ2n) is 4.94. The average molecular weight is 303 g/mol.